The zero-order chi connectivity index (χ0) is 19.8. The summed E-state index contributed by atoms with van der Waals surface area (Å²) in [6, 6.07) is -0.316. The van der Waals surface area contributed by atoms with E-state index in [2.05, 4.69) is 20.6 Å². The van der Waals surface area contributed by atoms with E-state index in [0.717, 1.165) is 6.42 Å². The van der Waals surface area contributed by atoms with Gasteiger partial charge in [0.1, 0.15) is 5.82 Å². The maximum absolute atomic E-state index is 12.5. The summed E-state index contributed by atoms with van der Waals surface area (Å²) < 4.78 is 5.88. The molecule has 1 aromatic rings. The number of hydrogen-bond acceptors (Lipinski definition) is 6. The monoisotopic (exact) mass is 413 g/mol. The Morgan fingerprint density at radius 3 is 2.54 bits per heavy atom. The number of rotatable bonds is 8. The number of carbonyl (C=O) groups excluding carboxylic acids is 3. The highest BCUT2D eigenvalue weighted by Crippen LogP contribution is 2.27. The van der Waals surface area contributed by atoms with Crippen molar-refractivity contribution < 1.29 is 19.1 Å². The van der Waals surface area contributed by atoms with Gasteiger partial charge in [-0.05, 0) is 32.6 Å². The second-order valence-corrected chi connectivity index (χ2v) is 6.70. The molecule has 3 atom stereocenters. The first kappa shape index (κ1) is 23.8. The number of nitrogens with two attached hydrogens (primary N) is 1. The van der Waals surface area contributed by atoms with Gasteiger partial charge >= 0.3 is 0 Å². The fourth-order valence-corrected chi connectivity index (χ4v) is 3.08. The van der Waals surface area contributed by atoms with E-state index in [9.17, 15) is 14.4 Å². The van der Waals surface area contributed by atoms with Crippen LogP contribution >= 0.6 is 12.4 Å². The standard InChI is InChI=1S/C18H27N5O4.ClH/c1-3-6-27-15-5-4-12(17(25)22-10-16(19)24)7-14(15)23-18(26)13-8-20-11(2)21-9-13;/h8-9,12,14-15H,3-7,10H2,1-2H3,(H2,19,24)(H,22,25)(H,23,26);1H/t12-,14+,15+;/m0./s1. The third-order valence-electron chi connectivity index (χ3n) is 4.49. The lowest BCUT2D eigenvalue weighted by Crippen LogP contribution is -2.51. The van der Waals surface area contributed by atoms with Crippen molar-refractivity contribution in [2.75, 3.05) is 13.2 Å². The second-order valence-electron chi connectivity index (χ2n) is 6.70. The average Bonchev–Trinajstić information content (AvgIpc) is 2.65. The van der Waals surface area contributed by atoms with Crippen molar-refractivity contribution in [3.8, 4) is 0 Å². The molecule has 0 spiro atoms. The summed E-state index contributed by atoms with van der Waals surface area (Å²) in [6.07, 6.45) is 5.34. The molecule has 1 fully saturated rings. The molecule has 1 aromatic heterocycles. The normalized spacial score (nSPS) is 21.3. The topological polar surface area (TPSA) is 136 Å². The molecule has 0 aliphatic heterocycles. The largest absolute Gasteiger partial charge is 0.376 e. The summed E-state index contributed by atoms with van der Waals surface area (Å²) >= 11 is 0. The van der Waals surface area contributed by atoms with E-state index in [1.165, 1.54) is 12.4 Å². The molecular formula is C18H28ClN5O4. The lowest BCUT2D eigenvalue weighted by atomic mass is 9.83. The van der Waals surface area contributed by atoms with Crippen molar-refractivity contribution in [1.82, 2.24) is 20.6 Å². The van der Waals surface area contributed by atoms with Crippen LogP contribution < -0.4 is 16.4 Å². The first-order valence-corrected chi connectivity index (χ1v) is 9.17. The van der Waals surface area contributed by atoms with Crippen LogP contribution in [0.3, 0.4) is 0 Å². The minimum atomic E-state index is -0.590. The van der Waals surface area contributed by atoms with Crippen LogP contribution in [0.5, 0.6) is 0 Å². The molecular weight excluding hydrogens is 386 g/mol. The van der Waals surface area contributed by atoms with E-state index in [-0.39, 0.29) is 48.8 Å². The van der Waals surface area contributed by atoms with Crippen LogP contribution in [-0.2, 0) is 14.3 Å². The molecule has 156 valence electrons. The quantitative estimate of drug-likeness (QED) is 0.567. The molecule has 4 N–H and O–H groups in total. The molecule has 1 aliphatic carbocycles. The highest BCUT2D eigenvalue weighted by molar-refractivity contribution is 5.94. The number of amides is 3. The van der Waals surface area contributed by atoms with Crippen LogP contribution in [-0.4, -0.2) is 53.0 Å². The molecule has 0 saturated heterocycles. The van der Waals surface area contributed by atoms with E-state index >= 15 is 0 Å². The molecule has 28 heavy (non-hydrogen) atoms. The van der Waals surface area contributed by atoms with E-state index in [1.54, 1.807) is 6.92 Å². The number of aromatic nitrogens is 2. The van der Waals surface area contributed by atoms with Crippen molar-refractivity contribution in [2.45, 2.75) is 51.7 Å². The third-order valence-corrected chi connectivity index (χ3v) is 4.49. The first-order valence-electron chi connectivity index (χ1n) is 9.17. The molecule has 2 rings (SSSR count). The Bertz CT molecular complexity index is 670. The Morgan fingerprint density at radius 1 is 1.25 bits per heavy atom. The summed E-state index contributed by atoms with van der Waals surface area (Å²) in [7, 11) is 0. The van der Waals surface area contributed by atoms with Crippen molar-refractivity contribution in [3.05, 3.63) is 23.8 Å². The van der Waals surface area contributed by atoms with Gasteiger partial charge in [-0.15, -0.1) is 12.4 Å². The van der Waals surface area contributed by atoms with E-state index < -0.39 is 5.91 Å². The Morgan fingerprint density at radius 2 is 1.93 bits per heavy atom. The van der Waals surface area contributed by atoms with E-state index in [4.69, 9.17) is 10.5 Å². The van der Waals surface area contributed by atoms with E-state index in [1.807, 2.05) is 6.92 Å². The van der Waals surface area contributed by atoms with Gasteiger partial charge in [0.15, 0.2) is 0 Å². The molecule has 0 unspecified atom stereocenters. The maximum atomic E-state index is 12.5. The highest BCUT2D eigenvalue weighted by Gasteiger charge is 2.35. The predicted octanol–water partition coefficient (Wildman–Crippen LogP) is 0.502. The van der Waals surface area contributed by atoms with E-state index in [0.29, 0.717) is 37.3 Å². The number of nitrogens with one attached hydrogen (secondary N) is 2. The molecule has 3 amide bonds. The lowest BCUT2D eigenvalue weighted by Gasteiger charge is -2.35. The molecule has 9 nitrogen and oxygen atoms in total. The van der Waals surface area contributed by atoms with Crippen molar-refractivity contribution in [1.29, 1.82) is 0 Å². The summed E-state index contributed by atoms with van der Waals surface area (Å²) in [5.41, 5.74) is 5.43. The van der Waals surface area contributed by atoms with Gasteiger partial charge in [0, 0.05) is 24.9 Å². The summed E-state index contributed by atoms with van der Waals surface area (Å²) in [5, 5.41) is 5.48. The number of carbonyl (C=O) groups is 3. The van der Waals surface area contributed by atoms with Gasteiger partial charge in [-0.1, -0.05) is 6.92 Å². The zero-order valence-electron chi connectivity index (χ0n) is 16.1. The molecule has 10 heteroatoms. The average molecular weight is 414 g/mol. The summed E-state index contributed by atoms with van der Waals surface area (Å²) in [5.74, 6) is -0.860. The summed E-state index contributed by atoms with van der Waals surface area (Å²) in [6.45, 7) is 4.15. The highest BCUT2D eigenvalue weighted by atomic mass is 35.5. The molecule has 1 aliphatic rings. The number of nitrogens with zero attached hydrogens (tertiary/aromatic N) is 2. The minimum Gasteiger partial charge on any atom is -0.376 e. The Labute approximate surface area is 170 Å². The van der Waals surface area contributed by atoms with Crippen molar-refractivity contribution >= 4 is 30.1 Å². The van der Waals surface area contributed by atoms with Crippen LogP contribution in [0.4, 0.5) is 0 Å². The zero-order valence-corrected chi connectivity index (χ0v) is 17.0. The van der Waals surface area contributed by atoms with Crippen LogP contribution in [0, 0.1) is 12.8 Å². The van der Waals surface area contributed by atoms with Gasteiger partial charge in [-0.2, -0.15) is 0 Å². The van der Waals surface area contributed by atoms with Gasteiger partial charge in [0.05, 0.1) is 24.3 Å². The smallest absolute Gasteiger partial charge is 0.254 e. The molecule has 0 bridgehead atoms. The second kappa shape index (κ2) is 11.6. The van der Waals surface area contributed by atoms with Crippen LogP contribution in [0.15, 0.2) is 12.4 Å². The van der Waals surface area contributed by atoms with Gasteiger partial charge in [0.2, 0.25) is 11.8 Å². The number of ether oxygens (including phenoxy) is 1. The van der Waals surface area contributed by atoms with Gasteiger partial charge < -0.3 is 21.1 Å². The predicted molar refractivity (Wildman–Crippen MR) is 105 cm³/mol. The number of halogens is 1. The third kappa shape index (κ3) is 7.05. The van der Waals surface area contributed by atoms with Gasteiger partial charge in [-0.25, -0.2) is 9.97 Å². The Balaban J connectivity index is 0.00000392. The Kier molecular flexibility index (Phi) is 9.81. The van der Waals surface area contributed by atoms with Gasteiger partial charge in [-0.3, -0.25) is 14.4 Å². The van der Waals surface area contributed by atoms with Crippen LogP contribution in [0.1, 0.15) is 48.8 Å². The molecule has 0 aromatic carbocycles. The van der Waals surface area contributed by atoms with Crippen LogP contribution in [0.2, 0.25) is 0 Å². The fourth-order valence-electron chi connectivity index (χ4n) is 3.08. The number of aryl methyl sites for hydroxylation is 1. The Hall–Kier alpha value is -2.26. The lowest BCUT2D eigenvalue weighted by molar-refractivity contribution is -0.129. The minimum absolute atomic E-state index is 0. The number of hydrogen-bond donors (Lipinski definition) is 3. The van der Waals surface area contributed by atoms with Crippen LogP contribution in [0.25, 0.3) is 0 Å². The SMILES string of the molecule is CCCO[C@@H]1CC[C@H](C(=O)NCC(N)=O)C[C@H]1NC(=O)c1cnc(C)nc1.Cl. The first-order chi connectivity index (χ1) is 12.9. The maximum Gasteiger partial charge on any atom is 0.254 e. The molecule has 1 saturated carbocycles. The molecule has 0 radical (unpaired) electrons. The van der Waals surface area contributed by atoms with Gasteiger partial charge in [0.25, 0.3) is 5.91 Å². The van der Waals surface area contributed by atoms with Crippen molar-refractivity contribution in [3.63, 3.8) is 0 Å². The van der Waals surface area contributed by atoms with Crippen molar-refractivity contribution in [2.24, 2.45) is 11.7 Å². The summed E-state index contributed by atoms with van der Waals surface area (Å²) in [4.78, 5) is 43.7. The molecule has 1 heterocycles. The number of primary amides is 1. The fraction of sp³-hybridized carbons (Fsp3) is 0.611.